The van der Waals surface area contributed by atoms with Crippen LogP contribution in [0.2, 0.25) is 0 Å². The molecule has 1 aliphatic heterocycles. The fourth-order valence-electron chi connectivity index (χ4n) is 5.73. The molecule has 2 unspecified atom stereocenters. The van der Waals surface area contributed by atoms with Crippen molar-refractivity contribution in [1.82, 2.24) is 5.06 Å². The molecule has 0 bridgehead atoms. The molecule has 0 N–H and O–H groups in total. The van der Waals surface area contributed by atoms with Crippen LogP contribution in [0.4, 0.5) is 0 Å². The third-order valence-corrected chi connectivity index (χ3v) is 9.45. The third kappa shape index (κ3) is 5.78. The highest BCUT2D eigenvalue weighted by Crippen LogP contribution is 2.39. The predicted octanol–water partition coefficient (Wildman–Crippen LogP) is 3.06. The number of rotatable bonds is 8. The Bertz CT molecular complexity index is 826. The van der Waals surface area contributed by atoms with Crippen molar-refractivity contribution >= 4 is 47.4 Å². The molecule has 0 spiro atoms. The summed E-state index contributed by atoms with van der Waals surface area (Å²) in [5.41, 5.74) is 0. The van der Waals surface area contributed by atoms with E-state index in [2.05, 4.69) is 0 Å². The lowest BCUT2D eigenvalue weighted by Gasteiger charge is -2.29. The highest BCUT2D eigenvalue weighted by molar-refractivity contribution is 8.00. The number of ketones is 2. The van der Waals surface area contributed by atoms with Crippen LogP contribution < -0.4 is 0 Å². The minimum atomic E-state index is -0.547. The largest absolute Gasteiger partial charge is 0.336 e. The monoisotopic (exact) mass is 491 g/mol. The van der Waals surface area contributed by atoms with Crippen molar-refractivity contribution < 1.29 is 33.6 Å². The second-order valence-corrected chi connectivity index (χ2v) is 11.5. The highest BCUT2D eigenvalue weighted by Gasteiger charge is 2.43. The fraction of sp³-hybridized carbons (Fsp3) is 0.760. The molecule has 186 valence electrons. The van der Waals surface area contributed by atoms with E-state index in [0.29, 0.717) is 36.7 Å². The van der Waals surface area contributed by atoms with Gasteiger partial charge in [-0.15, -0.1) is 16.8 Å². The molecule has 8 nitrogen and oxygen atoms in total. The number of hydrogen-bond acceptors (Lipinski definition) is 8. The number of aldehydes is 1. The maximum Gasteiger partial charge on any atom is 0.336 e. The molecule has 3 saturated carbocycles. The van der Waals surface area contributed by atoms with Crippen molar-refractivity contribution in [3.8, 4) is 0 Å². The van der Waals surface area contributed by atoms with Crippen LogP contribution in [0.15, 0.2) is 0 Å². The summed E-state index contributed by atoms with van der Waals surface area (Å²) < 4.78 is 0. The number of carbonyl (C=O) groups excluding carboxylic acids is 6. The summed E-state index contributed by atoms with van der Waals surface area (Å²) in [7, 11) is 0. The second-order valence-electron chi connectivity index (χ2n) is 10.3. The van der Waals surface area contributed by atoms with E-state index < -0.39 is 23.7 Å². The zero-order valence-corrected chi connectivity index (χ0v) is 20.3. The minimum absolute atomic E-state index is 0.0414. The van der Waals surface area contributed by atoms with Crippen molar-refractivity contribution in [3.63, 3.8) is 0 Å². The first kappa shape index (κ1) is 25.1. The Hall–Kier alpha value is -2.03. The Morgan fingerprint density at radius 1 is 0.912 bits per heavy atom. The third-order valence-electron chi connectivity index (χ3n) is 7.99. The van der Waals surface area contributed by atoms with Crippen LogP contribution in [0.25, 0.3) is 0 Å². The van der Waals surface area contributed by atoms with E-state index in [1.54, 1.807) is 11.8 Å². The second kappa shape index (κ2) is 11.1. The van der Waals surface area contributed by atoms with Crippen molar-refractivity contribution in [2.75, 3.05) is 5.75 Å². The van der Waals surface area contributed by atoms with Crippen LogP contribution in [0.1, 0.15) is 77.0 Å². The number of thioether (sulfide) groups is 1. The van der Waals surface area contributed by atoms with Gasteiger partial charge in [0.15, 0.2) is 5.78 Å². The van der Waals surface area contributed by atoms with Crippen LogP contribution in [0.3, 0.4) is 0 Å². The Morgan fingerprint density at radius 2 is 1.53 bits per heavy atom. The SMILES string of the molecule is O=CC1CCC(CSC2CC(=O)C(CC3CCC(C(=O)ON4C(=O)CCC4=O)CC3)C2=O)CC1. The summed E-state index contributed by atoms with van der Waals surface area (Å²) >= 11 is 1.62. The lowest BCUT2D eigenvalue weighted by atomic mass is 9.77. The van der Waals surface area contributed by atoms with E-state index in [-0.39, 0.29) is 47.4 Å². The maximum atomic E-state index is 13.0. The standard InChI is InChI=1S/C25H33NO7S/c27-13-16-1-3-17(4-2-16)14-34-21-12-20(28)19(24(21)31)11-15-5-7-18(8-6-15)25(32)33-26-22(29)9-10-23(26)30/h13,15-19,21H,1-12,14H2. The zero-order chi connectivity index (χ0) is 24.2. The van der Waals surface area contributed by atoms with Crippen LogP contribution >= 0.6 is 11.8 Å². The fourth-order valence-corrected chi connectivity index (χ4v) is 7.18. The zero-order valence-electron chi connectivity index (χ0n) is 19.4. The maximum absolute atomic E-state index is 13.0. The van der Waals surface area contributed by atoms with Crippen molar-refractivity contribution in [2.45, 2.75) is 82.3 Å². The molecule has 3 aliphatic carbocycles. The number of hydroxylamine groups is 2. The van der Waals surface area contributed by atoms with Crippen LogP contribution in [-0.2, 0) is 33.6 Å². The summed E-state index contributed by atoms with van der Waals surface area (Å²) in [6, 6.07) is 0. The van der Waals surface area contributed by atoms with Gasteiger partial charge in [-0.1, -0.05) is 0 Å². The first-order valence-electron chi connectivity index (χ1n) is 12.6. The first-order valence-corrected chi connectivity index (χ1v) is 13.6. The first-order chi connectivity index (χ1) is 16.4. The van der Waals surface area contributed by atoms with Gasteiger partial charge < -0.3 is 9.63 Å². The van der Waals surface area contributed by atoms with Gasteiger partial charge >= 0.3 is 5.97 Å². The van der Waals surface area contributed by atoms with Gasteiger partial charge in [0.25, 0.3) is 11.8 Å². The summed E-state index contributed by atoms with van der Waals surface area (Å²) in [4.78, 5) is 77.2. The minimum Gasteiger partial charge on any atom is -0.330 e. The topological polar surface area (TPSA) is 115 Å². The number of Topliss-reactive ketones (excluding diaryl/α,β-unsaturated/α-hetero) is 2. The van der Waals surface area contributed by atoms with E-state index in [1.165, 1.54) is 0 Å². The molecular weight excluding hydrogens is 458 g/mol. The van der Waals surface area contributed by atoms with Crippen LogP contribution in [0.5, 0.6) is 0 Å². The van der Waals surface area contributed by atoms with Gasteiger partial charge in [0.1, 0.15) is 12.1 Å². The number of nitrogens with zero attached hydrogens (tertiary/aromatic N) is 1. The Balaban J connectivity index is 1.19. The van der Waals surface area contributed by atoms with Crippen LogP contribution in [0, 0.1) is 29.6 Å². The number of carbonyl (C=O) groups is 6. The van der Waals surface area contributed by atoms with Gasteiger partial charge in [0, 0.05) is 25.2 Å². The van der Waals surface area contributed by atoms with E-state index >= 15 is 0 Å². The smallest absolute Gasteiger partial charge is 0.330 e. The van der Waals surface area contributed by atoms with Crippen molar-refractivity contribution in [3.05, 3.63) is 0 Å². The van der Waals surface area contributed by atoms with E-state index in [1.807, 2.05) is 0 Å². The normalized spacial score (nSPS) is 34.5. The van der Waals surface area contributed by atoms with Gasteiger partial charge in [-0.25, -0.2) is 4.79 Å². The van der Waals surface area contributed by atoms with E-state index in [4.69, 9.17) is 4.84 Å². The van der Waals surface area contributed by atoms with Gasteiger partial charge in [-0.2, -0.15) is 0 Å². The Morgan fingerprint density at radius 3 is 2.15 bits per heavy atom. The quantitative estimate of drug-likeness (QED) is 0.289. The highest BCUT2D eigenvalue weighted by atomic mass is 32.2. The van der Waals surface area contributed by atoms with Crippen molar-refractivity contribution in [1.29, 1.82) is 0 Å². The van der Waals surface area contributed by atoms with Gasteiger partial charge in [0.05, 0.1) is 17.1 Å². The number of hydrogen-bond donors (Lipinski definition) is 0. The molecule has 2 atom stereocenters. The van der Waals surface area contributed by atoms with Gasteiger partial charge in [0.2, 0.25) is 0 Å². The summed E-state index contributed by atoms with van der Waals surface area (Å²) in [6.45, 7) is 0. The summed E-state index contributed by atoms with van der Waals surface area (Å²) in [5, 5.41) is 0.346. The van der Waals surface area contributed by atoms with E-state index in [9.17, 15) is 28.8 Å². The molecule has 2 amide bonds. The van der Waals surface area contributed by atoms with Crippen molar-refractivity contribution in [2.24, 2.45) is 29.6 Å². The molecule has 1 heterocycles. The van der Waals surface area contributed by atoms with Gasteiger partial charge in [-0.3, -0.25) is 19.2 Å². The van der Waals surface area contributed by atoms with E-state index in [0.717, 1.165) is 50.6 Å². The average Bonchev–Trinajstić information content (AvgIpc) is 3.30. The summed E-state index contributed by atoms with van der Waals surface area (Å²) in [6.07, 6.45) is 8.51. The Kier molecular flexibility index (Phi) is 8.22. The summed E-state index contributed by atoms with van der Waals surface area (Å²) in [5.74, 6) is -0.528. The van der Waals surface area contributed by atoms with Gasteiger partial charge in [-0.05, 0) is 75.4 Å². The molecule has 0 aromatic rings. The molecule has 34 heavy (non-hydrogen) atoms. The number of amides is 2. The Labute approximate surface area is 203 Å². The average molecular weight is 492 g/mol. The number of imide groups is 1. The molecule has 4 rings (SSSR count). The molecule has 4 fully saturated rings. The molecule has 0 aromatic heterocycles. The lowest BCUT2D eigenvalue weighted by Crippen LogP contribution is -2.36. The molecule has 0 aromatic carbocycles. The molecule has 4 aliphatic rings. The lowest BCUT2D eigenvalue weighted by molar-refractivity contribution is -0.201. The predicted molar refractivity (Wildman–Crippen MR) is 123 cm³/mol. The molecule has 0 radical (unpaired) electrons. The molecular formula is C25H33NO7S. The van der Waals surface area contributed by atoms with Crippen LogP contribution in [-0.4, -0.2) is 51.7 Å². The molecule has 9 heteroatoms. The molecule has 1 saturated heterocycles.